The summed E-state index contributed by atoms with van der Waals surface area (Å²) in [6.45, 7) is 2.65. The second-order valence-electron chi connectivity index (χ2n) is 5.78. The van der Waals surface area contributed by atoms with Crippen LogP contribution in [0.25, 0.3) is 0 Å². The number of benzene rings is 1. The molecule has 0 aliphatic carbocycles. The summed E-state index contributed by atoms with van der Waals surface area (Å²) in [6, 6.07) is 9.05. The number of ether oxygens (including phenoxy) is 1. The van der Waals surface area contributed by atoms with Crippen molar-refractivity contribution < 1.29 is 14.3 Å². The third-order valence-corrected chi connectivity index (χ3v) is 5.44. The number of anilines is 1. The second-order valence-corrected chi connectivity index (χ2v) is 7.22. The van der Waals surface area contributed by atoms with Crippen LogP contribution in [-0.2, 0) is 16.0 Å². The van der Waals surface area contributed by atoms with Gasteiger partial charge in [0.05, 0.1) is 29.8 Å². The number of methoxy groups -OCH3 is 1. The third-order valence-electron chi connectivity index (χ3n) is 4.25. The Labute approximate surface area is 155 Å². The van der Waals surface area contributed by atoms with E-state index in [4.69, 9.17) is 16.3 Å². The maximum absolute atomic E-state index is 12.4. The highest BCUT2D eigenvalue weighted by Gasteiger charge is 2.23. The lowest BCUT2D eigenvalue weighted by Crippen LogP contribution is -2.49. The SMILES string of the molecule is COC(=O)c1ccc(Cl)c(N2CCN(C(=O)Cc3cccs3)CC2)c1. The average Bonchev–Trinajstić information content (AvgIpc) is 3.14. The van der Waals surface area contributed by atoms with Crippen molar-refractivity contribution >= 4 is 40.5 Å². The Hall–Kier alpha value is -2.05. The summed E-state index contributed by atoms with van der Waals surface area (Å²) in [7, 11) is 1.36. The number of esters is 1. The smallest absolute Gasteiger partial charge is 0.337 e. The van der Waals surface area contributed by atoms with Gasteiger partial charge in [-0.1, -0.05) is 17.7 Å². The number of hydrogen-bond donors (Lipinski definition) is 0. The van der Waals surface area contributed by atoms with Crippen molar-refractivity contribution in [3.8, 4) is 0 Å². The van der Waals surface area contributed by atoms with Crippen LogP contribution in [0.3, 0.4) is 0 Å². The summed E-state index contributed by atoms with van der Waals surface area (Å²) in [6.07, 6.45) is 0.455. The molecule has 0 atom stereocenters. The molecule has 2 heterocycles. The van der Waals surface area contributed by atoms with Crippen molar-refractivity contribution in [3.05, 3.63) is 51.2 Å². The zero-order valence-electron chi connectivity index (χ0n) is 13.9. The molecule has 0 radical (unpaired) electrons. The first-order chi connectivity index (χ1) is 12.1. The van der Waals surface area contributed by atoms with Crippen LogP contribution in [-0.4, -0.2) is 50.1 Å². The first-order valence-electron chi connectivity index (χ1n) is 8.01. The standard InChI is InChI=1S/C18H19ClN2O3S/c1-24-18(23)13-4-5-15(19)16(11-13)20-6-8-21(9-7-20)17(22)12-14-3-2-10-25-14/h2-5,10-11H,6-9,12H2,1H3. The molecular formula is C18H19ClN2O3S. The summed E-state index contributed by atoms with van der Waals surface area (Å²) in [5.74, 6) is -0.237. The average molecular weight is 379 g/mol. The molecule has 1 aromatic heterocycles. The molecule has 5 nitrogen and oxygen atoms in total. The highest BCUT2D eigenvalue weighted by Crippen LogP contribution is 2.28. The molecule has 0 bridgehead atoms. The predicted octanol–water partition coefficient (Wildman–Crippen LogP) is 3.08. The Bertz CT molecular complexity index is 756. The second kappa shape index (κ2) is 7.89. The van der Waals surface area contributed by atoms with Gasteiger partial charge < -0.3 is 14.5 Å². The third kappa shape index (κ3) is 4.14. The van der Waals surface area contributed by atoms with Crippen LogP contribution in [0.1, 0.15) is 15.2 Å². The molecule has 1 aliphatic heterocycles. The molecule has 1 fully saturated rings. The van der Waals surface area contributed by atoms with Crippen LogP contribution in [0.15, 0.2) is 35.7 Å². The molecule has 1 aromatic carbocycles. The normalized spacial score (nSPS) is 14.5. The van der Waals surface area contributed by atoms with E-state index in [9.17, 15) is 9.59 Å². The fraction of sp³-hybridized carbons (Fsp3) is 0.333. The fourth-order valence-corrected chi connectivity index (χ4v) is 3.80. The van der Waals surface area contributed by atoms with E-state index in [1.165, 1.54) is 7.11 Å². The van der Waals surface area contributed by atoms with Crippen LogP contribution in [0, 0.1) is 0 Å². The highest BCUT2D eigenvalue weighted by atomic mass is 35.5. The molecule has 1 saturated heterocycles. The molecule has 0 spiro atoms. The Kier molecular flexibility index (Phi) is 5.60. The topological polar surface area (TPSA) is 49.9 Å². The molecule has 132 valence electrons. The predicted molar refractivity (Wildman–Crippen MR) is 99.6 cm³/mol. The largest absolute Gasteiger partial charge is 0.465 e. The van der Waals surface area contributed by atoms with Crippen molar-refractivity contribution in [2.45, 2.75) is 6.42 Å². The zero-order chi connectivity index (χ0) is 17.8. The Balaban J connectivity index is 1.64. The van der Waals surface area contributed by atoms with E-state index in [0.29, 0.717) is 43.2 Å². The van der Waals surface area contributed by atoms with E-state index < -0.39 is 0 Å². The van der Waals surface area contributed by atoms with Gasteiger partial charge in [-0.15, -0.1) is 11.3 Å². The lowest BCUT2D eigenvalue weighted by Gasteiger charge is -2.36. The van der Waals surface area contributed by atoms with E-state index in [0.717, 1.165) is 10.6 Å². The van der Waals surface area contributed by atoms with Crippen LogP contribution in [0.5, 0.6) is 0 Å². The number of carbonyl (C=O) groups excluding carboxylic acids is 2. The van der Waals surface area contributed by atoms with Crippen LogP contribution >= 0.6 is 22.9 Å². The zero-order valence-corrected chi connectivity index (χ0v) is 15.5. The number of halogens is 1. The van der Waals surface area contributed by atoms with Crippen molar-refractivity contribution in [3.63, 3.8) is 0 Å². The molecule has 7 heteroatoms. The molecule has 25 heavy (non-hydrogen) atoms. The molecule has 1 amide bonds. The minimum Gasteiger partial charge on any atom is -0.465 e. The van der Waals surface area contributed by atoms with Gasteiger partial charge in [-0.2, -0.15) is 0 Å². The van der Waals surface area contributed by atoms with Gasteiger partial charge in [-0.25, -0.2) is 4.79 Å². The number of nitrogens with zero attached hydrogens (tertiary/aromatic N) is 2. The number of hydrogen-bond acceptors (Lipinski definition) is 5. The molecule has 0 saturated carbocycles. The first kappa shape index (κ1) is 17.8. The quantitative estimate of drug-likeness (QED) is 0.767. The highest BCUT2D eigenvalue weighted by molar-refractivity contribution is 7.10. The van der Waals surface area contributed by atoms with E-state index in [-0.39, 0.29) is 11.9 Å². The molecule has 0 N–H and O–H groups in total. The monoisotopic (exact) mass is 378 g/mol. The van der Waals surface area contributed by atoms with Gasteiger partial charge >= 0.3 is 5.97 Å². The summed E-state index contributed by atoms with van der Waals surface area (Å²) >= 11 is 7.90. The number of piperazine rings is 1. The maximum Gasteiger partial charge on any atom is 0.337 e. The van der Waals surface area contributed by atoms with E-state index in [2.05, 4.69) is 4.90 Å². The number of rotatable bonds is 4. The Morgan fingerprint density at radius 2 is 1.96 bits per heavy atom. The minimum absolute atomic E-state index is 0.150. The van der Waals surface area contributed by atoms with Gasteiger partial charge in [-0.3, -0.25) is 4.79 Å². The van der Waals surface area contributed by atoms with Crippen LogP contribution < -0.4 is 4.90 Å². The minimum atomic E-state index is -0.386. The van der Waals surface area contributed by atoms with Gasteiger partial charge in [0.2, 0.25) is 5.91 Å². The molecule has 3 rings (SSSR count). The molecule has 1 aliphatic rings. The van der Waals surface area contributed by atoms with Crippen LogP contribution in [0.4, 0.5) is 5.69 Å². The summed E-state index contributed by atoms with van der Waals surface area (Å²) in [5, 5.41) is 2.57. The van der Waals surface area contributed by atoms with Gasteiger partial charge in [-0.05, 0) is 29.6 Å². The lowest BCUT2D eigenvalue weighted by molar-refractivity contribution is -0.130. The maximum atomic E-state index is 12.4. The Morgan fingerprint density at radius 3 is 2.60 bits per heavy atom. The number of carbonyl (C=O) groups is 2. The van der Waals surface area contributed by atoms with Crippen molar-refractivity contribution in [1.82, 2.24) is 4.90 Å². The van der Waals surface area contributed by atoms with E-state index >= 15 is 0 Å². The first-order valence-corrected chi connectivity index (χ1v) is 9.27. The van der Waals surface area contributed by atoms with Gasteiger partial charge in [0.15, 0.2) is 0 Å². The lowest BCUT2D eigenvalue weighted by atomic mass is 10.1. The van der Waals surface area contributed by atoms with Gasteiger partial charge in [0, 0.05) is 31.1 Å². The van der Waals surface area contributed by atoms with Crippen molar-refractivity contribution in [2.75, 3.05) is 38.2 Å². The Morgan fingerprint density at radius 1 is 1.20 bits per heavy atom. The summed E-state index contributed by atoms with van der Waals surface area (Å²) in [4.78, 5) is 29.2. The van der Waals surface area contributed by atoms with Crippen molar-refractivity contribution in [1.29, 1.82) is 0 Å². The molecule has 0 unspecified atom stereocenters. The number of thiophene rings is 1. The van der Waals surface area contributed by atoms with Gasteiger partial charge in [0.1, 0.15) is 0 Å². The van der Waals surface area contributed by atoms with Crippen molar-refractivity contribution in [2.24, 2.45) is 0 Å². The summed E-state index contributed by atoms with van der Waals surface area (Å²) in [5.41, 5.74) is 1.27. The van der Waals surface area contributed by atoms with E-state index in [1.807, 2.05) is 22.4 Å². The fourth-order valence-electron chi connectivity index (χ4n) is 2.87. The molecule has 2 aromatic rings. The summed E-state index contributed by atoms with van der Waals surface area (Å²) < 4.78 is 4.76. The van der Waals surface area contributed by atoms with Gasteiger partial charge in [0.25, 0.3) is 0 Å². The number of amides is 1. The van der Waals surface area contributed by atoms with E-state index in [1.54, 1.807) is 29.5 Å². The van der Waals surface area contributed by atoms with Crippen LogP contribution in [0.2, 0.25) is 5.02 Å². The molecular weight excluding hydrogens is 360 g/mol.